The Kier molecular flexibility index (Phi) is 7.39. The standard InChI is InChI=1S/C24H21ClO3S/c1-17-15-21(28-16-24(26)27)11-12-23(17)29-14-13-22(18-5-3-2-4-6-18)19-7-9-20(25)10-8-19/h2-13,15H,14,16H2,1H3,(H,26,27)/b22-13-. The molecule has 29 heavy (non-hydrogen) atoms. The molecule has 0 saturated heterocycles. The highest BCUT2D eigenvalue weighted by atomic mass is 35.5. The number of benzene rings is 3. The molecule has 3 aromatic carbocycles. The largest absolute Gasteiger partial charge is 0.482 e. The van der Waals surface area contributed by atoms with E-state index in [2.05, 4.69) is 18.2 Å². The summed E-state index contributed by atoms with van der Waals surface area (Å²) in [6.07, 6.45) is 2.22. The quantitative estimate of drug-likeness (QED) is 0.429. The Hall–Kier alpha value is -2.69. The number of thioether (sulfide) groups is 1. The van der Waals surface area contributed by atoms with Gasteiger partial charge >= 0.3 is 5.97 Å². The van der Waals surface area contributed by atoms with Crippen LogP contribution in [0.3, 0.4) is 0 Å². The second-order valence-corrected chi connectivity index (χ2v) is 7.91. The van der Waals surface area contributed by atoms with Crippen molar-refractivity contribution < 1.29 is 14.6 Å². The van der Waals surface area contributed by atoms with Gasteiger partial charge in [-0.25, -0.2) is 4.79 Å². The van der Waals surface area contributed by atoms with E-state index >= 15 is 0 Å². The summed E-state index contributed by atoms with van der Waals surface area (Å²) in [6.45, 7) is 1.66. The molecule has 1 N–H and O–H groups in total. The fourth-order valence-electron chi connectivity index (χ4n) is 2.88. The number of carboxylic acid groups (broad SMARTS) is 1. The zero-order valence-corrected chi connectivity index (χ0v) is 17.5. The van der Waals surface area contributed by atoms with E-state index in [1.807, 2.05) is 61.5 Å². The molecule has 0 aliphatic heterocycles. The minimum Gasteiger partial charge on any atom is -0.482 e. The van der Waals surface area contributed by atoms with Crippen LogP contribution in [-0.4, -0.2) is 23.4 Å². The van der Waals surface area contributed by atoms with Gasteiger partial charge in [0.05, 0.1) is 0 Å². The van der Waals surface area contributed by atoms with E-state index in [0.29, 0.717) is 5.75 Å². The van der Waals surface area contributed by atoms with Crippen molar-refractivity contribution >= 4 is 34.9 Å². The Morgan fingerprint density at radius 1 is 1.03 bits per heavy atom. The first-order valence-corrected chi connectivity index (χ1v) is 10.5. The first kappa shape index (κ1) is 21.0. The van der Waals surface area contributed by atoms with Gasteiger partial charge in [-0.3, -0.25) is 0 Å². The predicted octanol–water partition coefficient (Wildman–Crippen LogP) is 6.34. The van der Waals surface area contributed by atoms with Gasteiger partial charge < -0.3 is 9.84 Å². The molecule has 148 valence electrons. The van der Waals surface area contributed by atoms with Gasteiger partial charge in [0.1, 0.15) is 5.75 Å². The van der Waals surface area contributed by atoms with Crippen LogP contribution in [0.5, 0.6) is 5.75 Å². The van der Waals surface area contributed by atoms with Crippen molar-refractivity contribution in [3.05, 3.63) is 101 Å². The maximum absolute atomic E-state index is 10.6. The van der Waals surface area contributed by atoms with Gasteiger partial charge in [0, 0.05) is 15.7 Å². The number of carbonyl (C=O) groups is 1. The van der Waals surface area contributed by atoms with Gasteiger partial charge in [0.15, 0.2) is 6.61 Å². The summed E-state index contributed by atoms with van der Waals surface area (Å²) in [6, 6.07) is 23.8. The molecule has 0 heterocycles. The summed E-state index contributed by atoms with van der Waals surface area (Å²) in [5.74, 6) is 0.376. The lowest BCUT2D eigenvalue weighted by Crippen LogP contribution is -2.09. The number of carboxylic acids is 1. The van der Waals surface area contributed by atoms with E-state index in [9.17, 15) is 4.79 Å². The van der Waals surface area contributed by atoms with Crippen LogP contribution in [0.4, 0.5) is 0 Å². The molecule has 0 fully saturated rings. The van der Waals surface area contributed by atoms with E-state index in [1.165, 1.54) is 0 Å². The second-order valence-electron chi connectivity index (χ2n) is 6.41. The molecule has 0 aliphatic rings. The van der Waals surface area contributed by atoms with Gasteiger partial charge in [0.25, 0.3) is 0 Å². The van der Waals surface area contributed by atoms with Crippen molar-refractivity contribution in [3.8, 4) is 5.75 Å². The minimum atomic E-state index is -0.984. The topological polar surface area (TPSA) is 46.5 Å². The number of hydrogen-bond donors (Lipinski definition) is 1. The summed E-state index contributed by atoms with van der Waals surface area (Å²) in [7, 11) is 0. The highest BCUT2D eigenvalue weighted by Gasteiger charge is 2.07. The van der Waals surface area contributed by atoms with Crippen molar-refractivity contribution in [1.82, 2.24) is 0 Å². The molecule has 3 rings (SSSR count). The Morgan fingerprint density at radius 3 is 2.38 bits per heavy atom. The number of rotatable bonds is 8. The molecule has 0 spiro atoms. The van der Waals surface area contributed by atoms with E-state index in [-0.39, 0.29) is 6.61 Å². The summed E-state index contributed by atoms with van der Waals surface area (Å²) in [5.41, 5.74) is 4.49. The number of aliphatic carboxylic acids is 1. The molecular formula is C24H21ClO3S. The lowest BCUT2D eigenvalue weighted by Gasteiger charge is -2.11. The molecule has 3 aromatic rings. The lowest BCUT2D eigenvalue weighted by atomic mass is 9.98. The fourth-order valence-corrected chi connectivity index (χ4v) is 3.89. The number of halogens is 1. The highest BCUT2D eigenvalue weighted by Crippen LogP contribution is 2.29. The van der Waals surface area contributed by atoms with Crippen LogP contribution in [0.15, 0.2) is 83.8 Å². The molecule has 0 amide bonds. The fraction of sp³-hybridized carbons (Fsp3) is 0.125. The van der Waals surface area contributed by atoms with Gasteiger partial charge in [-0.2, -0.15) is 0 Å². The molecule has 0 atom stereocenters. The minimum absolute atomic E-state index is 0.337. The molecule has 0 aromatic heterocycles. The van der Waals surface area contributed by atoms with Crippen molar-refractivity contribution in [2.45, 2.75) is 11.8 Å². The van der Waals surface area contributed by atoms with Crippen LogP contribution in [0, 0.1) is 6.92 Å². The molecular weight excluding hydrogens is 404 g/mol. The maximum Gasteiger partial charge on any atom is 0.341 e. The second kappa shape index (κ2) is 10.2. The Bertz CT molecular complexity index is 998. The molecule has 0 aliphatic carbocycles. The maximum atomic E-state index is 10.6. The summed E-state index contributed by atoms with van der Waals surface area (Å²) in [5, 5.41) is 9.45. The van der Waals surface area contributed by atoms with Gasteiger partial charge in [0.2, 0.25) is 0 Å². The van der Waals surface area contributed by atoms with Crippen LogP contribution >= 0.6 is 23.4 Å². The molecule has 0 unspecified atom stereocenters. The summed E-state index contributed by atoms with van der Waals surface area (Å²) < 4.78 is 5.24. The van der Waals surface area contributed by atoms with Crippen LogP contribution in [0.25, 0.3) is 5.57 Å². The lowest BCUT2D eigenvalue weighted by molar-refractivity contribution is -0.139. The van der Waals surface area contributed by atoms with Crippen molar-refractivity contribution in [1.29, 1.82) is 0 Å². The molecule has 5 heteroatoms. The molecule has 3 nitrogen and oxygen atoms in total. The van der Waals surface area contributed by atoms with Crippen LogP contribution in [-0.2, 0) is 4.79 Å². The Balaban J connectivity index is 1.76. The average molecular weight is 425 g/mol. The smallest absolute Gasteiger partial charge is 0.341 e. The first-order chi connectivity index (χ1) is 14.0. The molecule has 0 saturated carbocycles. The van der Waals surface area contributed by atoms with Crippen LogP contribution < -0.4 is 4.74 Å². The number of hydrogen-bond acceptors (Lipinski definition) is 3. The molecule has 0 radical (unpaired) electrons. The van der Waals surface area contributed by atoms with E-state index in [0.717, 1.165) is 37.9 Å². The summed E-state index contributed by atoms with van der Waals surface area (Å²) >= 11 is 7.78. The van der Waals surface area contributed by atoms with Crippen LogP contribution in [0.2, 0.25) is 5.02 Å². The third-order valence-corrected chi connectivity index (χ3v) is 5.63. The number of aryl methyl sites for hydroxylation is 1. The third-order valence-electron chi connectivity index (χ3n) is 4.28. The van der Waals surface area contributed by atoms with Gasteiger partial charge in [-0.05, 0) is 59.5 Å². The van der Waals surface area contributed by atoms with Crippen molar-refractivity contribution in [2.24, 2.45) is 0 Å². The van der Waals surface area contributed by atoms with E-state index < -0.39 is 5.97 Å². The first-order valence-electron chi connectivity index (χ1n) is 9.12. The predicted molar refractivity (Wildman–Crippen MR) is 120 cm³/mol. The van der Waals surface area contributed by atoms with Crippen molar-refractivity contribution in [2.75, 3.05) is 12.4 Å². The highest BCUT2D eigenvalue weighted by molar-refractivity contribution is 7.99. The third kappa shape index (κ3) is 6.14. The SMILES string of the molecule is Cc1cc(OCC(=O)O)ccc1SC/C=C(/c1ccccc1)c1ccc(Cl)cc1. The van der Waals surface area contributed by atoms with E-state index in [1.54, 1.807) is 17.8 Å². The van der Waals surface area contributed by atoms with Crippen molar-refractivity contribution in [3.63, 3.8) is 0 Å². The Morgan fingerprint density at radius 2 is 1.72 bits per heavy atom. The van der Waals surface area contributed by atoms with Gasteiger partial charge in [-0.1, -0.05) is 60.1 Å². The van der Waals surface area contributed by atoms with Crippen LogP contribution in [0.1, 0.15) is 16.7 Å². The molecule has 0 bridgehead atoms. The summed E-state index contributed by atoms with van der Waals surface area (Å²) in [4.78, 5) is 11.8. The van der Waals surface area contributed by atoms with Gasteiger partial charge in [-0.15, -0.1) is 11.8 Å². The Labute approximate surface area is 180 Å². The normalized spacial score (nSPS) is 11.3. The number of ether oxygens (including phenoxy) is 1. The zero-order chi connectivity index (χ0) is 20.6. The zero-order valence-electron chi connectivity index (χ0n) is 16.0. The van der Waals surface area contributed by atoms with E-state index in [4.69, 9.17) is 21.4 Å². The monoisotopic (exact) mass is 424 g/mol. The average Bonchev–Trinajstić information content (AvgIpc) is 2.72.